The standard InChI is InChI=1S/C7H7F3N2O2Se/c1-13-5-4(15-7(8,9)10)3-11-6(12-5)14-2/h3H,1-2H3. The van der Waals surface area contributed by atoms with Crippen molar-refractivity contribution in [3.63, 3.8) is 0 Å². The minimum atomic E-state index is -4.25. The van der Waals surface area contributed by atoms with Gasteiger partial charge in [0.15, 0.2) is 0 Å². The number of hydrogen-bond acceptors (Lipinski definition) is 4. The third-order valence-corrected chi connectivity index (χ3v) is 2.84. The van der Waals surface area contributed by atoms with Crippen molar-refractivity contribution in [1.82, 2.24) is 9.97 Å². The van der Waals surface area contributed by atoms with Crippen LogP contribution in [0.15, 0.2) is 6.20 Å². The Morgan fingerprint density at radius 1 is 1.27 bits per heavy atom. The van der Waals surface area contributed by atoms with Crippen molar-refractivity contribution in [1.29, 1.82) is 0 Å². The van der Waals surface area contributed by atoms with Crippen molar-refractivity contribution in [3.05, 3.63) is 6.20 Å². The Kier molecular flexibility index (Phi) is 3.76. The Morgan fingerprint density at radius 3 is 2.40 bits per heavy atom. The van der Waals surface area contributed by atoms with Crippen LogP contribution in [0.5, 0.6) is 11.9 Å². The number of aromatic nitrogens is 2. The summed E-state index contributed by atoms with van der Waals surface area (Å²) in [5, 5.41) is -4.25. The van der Waals surface area contributed by atoms with Gasteiger partial charge in [0.2, 0.25) is 0 Å². The molecule has 15 heavy (non-hydrogen) atoms. The van der Waals surface area contributed by atoms with Crippen molar-refractivity contribution < 1.29 is 22.6 Å². The van der Waals surface area contributed by atoms with Crippen molar-refractivity contribution in [2.75, 3.05) is 14.2 Å². The number of rotatable bonds is 3. The van der Waals surface area contributed by atoms with E-state index in [0.717, 1.165) is 6.20 Å². The van der Waals surface area contributed by atoms with Gasteiger partial charge in [0.1, 0.15) is 0 Å². The van der Waals surface area contributed by atoms with Gasteiger partial charge in [0, 0.05) is 0 Å². The Hall–Kier alpha value is -1.01. The molecule has 0 radical (unpaired) electrons. The van der Waals surface area contributed by atoms with Crippen LogP contribution in [0.2, 0.25) is 0 Å². The first-order chi connectivity index (χ1) is 6.96. The Labute approximate surface area is 90.0 Å². The molecule has 0 aliphatic rings. The van der Waals surface area contributed by atoms with Gasteiger partial charge in [0.25, 0.3) is 0 Å². The molecule has 0 atom stereocenters. The van der Waals surface area contributed by atoms with Crippen LogP contribution in [0.4, 0.5) is 13.2 Å². The van der Waals surface area contributed by atoms with Crippen LogP contribution in [0.3, 0.4) is 0 Å². The van der Waals surface area contributed by atoms with Gasteiger partial charge in [-0.05, 0) is 0 Å². The molecule has 0 aromatic carbocycles. The van der Waals surface area contributed by atoms with Gasteiger partial charge in [-0.1, -0.05) is 0 Å². The van der Waals surface area contributed by atoms with Crippen LogP contribution in [0.1, 0.15) is 0 Å². The molecule has 0 N–H and O–H groups in total. The van der Waals surface area contributed by atoms with E-state index in [1.54, 1.807) is 0 Å². The van der Waals surface area contributed by atoms with E-state index in [1.807, 2.05) is 0 Å². The van der Waals surface area contributed by atoms with Crippen molar-refractivity contribution in [2.45, 2.75) is 5.07 Å². The van der Waals surface area contributed by atoms with E-state index in [0.29, 0.717) is 0 Å². The van der Waals surface area contributed by atoms with Gasteiger partial charge in [-0.15, -0.1) is 0 Å². The van der Waals surface area contributed by atoms with Gasteiger partial charge in [-0.2, -0.15) is 0 Å². The van der Waals surface area contributed by atoms with E-state index in [-0.39, 0.29) is 16.4 Å². The Bertz CT molecular complexity index is 345. The van der Waals surface area contributed by atoms with Gasteiger partial charge >= 0.3 is 89.4 Å². The van der Waals surface area contributed by atoms with E-state index in [2.05, 4.69) is 14.7 Å². The number of halogens is 3. The molecule has 0 saturated heterocycles. The first kappa shape index (κ1) is 12.1. The van der Waals surface area contributed by atoms with E-state index >= 15 is 0 Å². The summed E-state index contributed by atoms with van der Waals surface area (Å²) in [4.78, 5) is 7.25. The summed E-state index contributed by atoms with van der Waals surface area (Å²) in [6.07, 6.45) is 1.07. The second-order valence-corrected chi connectivity index (χ2v) is 4.60. The molecule has 1 rings (SSSR count). The maximum absolute atomic E-state index is 12.1. The second kappa shape index (κ2) is 4.67. The molecule has 1 heterocycles. The van der Waals surface area contributed by atoms with E-state index in [9.17, 15) is 13.2 Å². The van der Waals surface area contributed by atoms with Crippen molar-refractivity contribution in [3.8, 4) is 11.9 Å². The quantitative estimate of drug-likeness (QED) is 0.752. The molecule has 0 amide bonds. The summed E-state index contributed by atoms with van der Waals surface area (Å²) in [5.41, 5.74) is 0. The predicted molar refractivity (Wildman–Crippen MR) is 46.6 cm³/mol. The normalized spacial score (nSPS) is 11.3. The van der Waals surface area contributed by atoms with Crippen LogP contribution >= 0.6 is 0 Å². The SMILES string of the molecule is COc1ncc([Se]C(F)(F)F)c(OC)n1. The summed E-state index contributed by atoms with van der Waals surface area (Å²) in [5.74, 6) is -0.0980. The van der Waals surface area contributed by atoms with Crippen LogP contribution in [-0.4, -0.2) is 44.2 Å². The third kappa shape index (κ3) is 3.56. The predicted octanol–water partition coefficient (Wildman–Crippen LogP) is 0.343. The molecule has 0 fully saturated rings. The number of hydrogen-bond donors (Lipinski definition) is 0. The molecule has 4 nitrogen and oxygen atoms in total. The second-order valence-electron chi connectivity index (χ2n) is 2.28. The minimum absolute atomic E-state index is 0.0198. The van der Waals surface area contributed by atoms with Crippen LogP contribution in [0.25, 0.3) is 0 Å². The summed E-state index contributed by atoms with van der Waals surface area (Å²) >= 11 is -1.72. The molecule has 1 aromatic rings. The molecule has 8 heteroatoms. The van der Waals surface area contributed by atoms with Gasteiger partial charge in [-0.25, -0.2) is 0 Å². The van der Waals surface area contributed by atoms with Gasteiger partial charge < -0.3 is 0 Å². The summed E-state index contributed by atoms with van der Waals surface area (Å²) in [6, 6.07) is -0.0198. The van der Waals surface area contributed by atoms with Crippen molar-refractivity contribution in [2.24, 2.45) is 0 Å². The van der Waals surface area contributed by atoms with Crippen LogP contribution in [0, 0.1) is 0 Å². The van der Waals surface area contributed by atoms with Crippen LogP contribution in [-0.2, 0) is 0 Å². The van der Waals surface area contributed by atoms with Gasteiger partial charge in [0.05, 0.1) is 0 Å². The van der Waals surface area contributed by atoms with Crippen molar-refractivity contribution >= 4 is 19.4 Å². The number of ether oxygens (including phenoxy) is 2. The monoisotopic (exact) mass is 288 g/mol. The summed E-state index contributed by atoms with van der Waals surface area (Å²) < 4.78 is 45.7. The zero-order valence-corrected chi connectivity index (χ0v) is 9.54. The number of nitrogens with zero attached hydrogens (tertiary/aromatic N) is 2. The number of methoxy groups -OCH3 is 2. The zero-order valence-electron chi connectivity index (χ0n) is 7.83. The fraction of sp³-hybridized carbons (Fsp3) is 0.429. The maximum atomic E-state index is 12.1. The molecule has 84 valence electrons. The fourth-order valence-electron chi connectivity index (χ4n) is 0.779. The molecule has 0 spiro atoms. The Balaban J connectivity index is 2.97. The fourth-order valence-corrected chi connectivity index (χ4v) is 1.98. The molecule has 0 aliphatic carbocycles. The van der Waals surface area contributed by atoms with Crippen LogP contribution < -0.4 is 13.9 Å². The molecular weight excluding hydrogens is 280 g/mol. The summed E-state index contributed by atoms with van der Waals surface area (Å²) in [7, 11) is 2.57. The third-order valence-electron chi connectivity index (χ3n) is 1.30. The first-order valence-corrected chi connectivity index (χ1v) is 5.38. The molecule has 0 aliphatic heterocycles. The molecule has 0 unspecified atom stereocenters. The van der Waals surface area contributed by atoms with E-state index in [1.165, 1.54) is 14.2 Å². The molecular formula is C7H7F3N2O2Se. The summed E-state index contributed by atoms with van der Waals surface area (Å²) in [6.45, 7) is 0. The Morgan fingerprint density at radius 2 is 1.93 bits per heavy atom. The number of alkyl halides is 3. The average Bonchev–Trinajstić information content (AvgIpc) is 2.16. The van der Waals surface area contributed by atoms with E-state index < -0.39 is 20.0 Å². The molecule has 0 bridgehead atoms. The average molecular weight is 287 g/mol. The molecule has 0 saturated carbocycles. The van der Waals surface area contributed by atoms with E-state index in [4.69, 9.17) is 4.74 Å². The van der Waals surface area contributed by atoms with Gasteiger partial charge in [-0.3, -0.25) is 0 Å². The first-order valence-electron chi connectivity index (χ1n) is 3.67. The topological polar surface area (TPSA) is 44.2 Å². The zero-order chi connectivity index (χ0) is 11.5. The molecule has 1 aromatic heterocycles.